The van der Waals surface area contributed by atoms with Gasteiger partial charge in [-0.2, -0.15) is 0 Å². The van der Waals surface area contributed by atoms with E-state index in [1.165, 1.54) is 0 Å². The Kier molecular flexibility index (Phi) is 14.3. The summed E-state index contributed by atoms with van der Waals surface area (Å²) in [5.41, 5.74) is 26.4. The first-order valence-electron chi connectivity index (χ1n) is 10.9. The molecular weight excluding hydrogens is 498 g/mol. The van der Waals surface area contributed by atoms with Crippen molar-refractivity contribution in [3.63, 3.8) is 0 Å². The van der Waals surface area contributed by atoms with Crippen LogP contribution < -0.4 is 44.6 Å². The van der Waals surface area contributed by atoms with E-state index in [-0.39, 0.29) is 31.8 Å². The van der Waals surface area contributed by atoms with Crippen LogP contribution in [0.15, 0.2) is 4.99 Å². The van der Waals surface area contributed by atoms with Gasteiger partial charge in [0.15, 0.2) is 5.96 Å². The van der Waals surface area contributed by atoms with Crippen LogP contribution in [0, 0.1) is 0 Å². The van der Waals surface area contributed by atoms with Crippen molar-refractivity contribution >= 4 is 47.4 Å². The maximum atomic E-state index is 12.8. The first kappa shape index (κ1) is 32.5. The number of hydrogen-bond acceptors (Lipinski definition) is 9. The van der Waals surface area contributed by atoms with Crippen LogP contribution in [0.5, 0.6) is 0 Å². The van der Waals surface area contributed by atoms with Crippen LogP contribution >= 0.6 is 0 Å². The highest BCUT2D eigenvalue weighted by Gasteiger charge is 2.32. The molecule has 5 amide bonds. The molecule has 0 aromatic carbocycles. The number of carboxylic acids is 2. The number of nitrogens with two attached hydrogens (primary N) is 5. The van der Waals surface area contributed by atoms with Crippen LogP contribution in [-0.4, -0.2) is 88.4 Å². The number of guanidine groups is 1. The van der Waals surface area contributed by atoms with Gasteiger partial charge < -0.3 is 54.8 Å². The van der Waals surface area contributed by atoms with Crippen molar-refractivity contribution in [1.29, 1.82) is 0 Å². The molecule has 0 aliphatic rings. The topological polar surface area (TPSA) is 338 Å². The normalized spacial score (nSPS) is 13.6. The molecule has 4 unspecified atom stereocenters. The summed E-state index contributed by atoms with van der Waals surface area (Å²) in [6, 6.07) is -6.15. The van der Waals surface area contributed by atoms with Crippen molar-refractivity contribution in [3.05, 3.63) is 0 Å². The Morgan fingerprint density at radius 3 is 1.73 bits per heavy atom. The number of hydrogen-bond donors (Lipinski definition) is 10. The van der Waals surface area contributed by atoms with Gasteiger partial charge >= 0.3 is 11.9 Å². The molecular formula is C19H33N9O9. The number of aliphatic imine (C=N–C) groups is 1. The number of aliphatic carboxylic acids is 2. The lowest BCUT2D eigenvalue weighted by atomic mass is 10.1. The van der Waals surface area contributed by atoms with Crippen molar-refractivity contribution < 1.29 is 43.8 Å². The number of rotatable bonds is 18. The summed E-state index contributed by atoms with van der Waals surface area (Å²) in [5.74, 6) is -8.30. The van der Waals surface area contributed by atoms with Gasteiger partial charge in [-0.1, -0.05) is 0 Å². The van der Waals surface area contributed by atoms with E-state index < -0.39 is 78.5 Å². The number of carboxylic acid groups (broad SMARTS) is 2. The van der Waals surface area contributed by atoms with Crippen LogP contribution in [-0.2, 0) is 33.6 Å². The summed E-state index contributed by atoms with van der Waals surface area (Å²) >= 11 is 0. The van der Waals surface area contributed by atoms with Gasteiger partial charge in [-0.15, -0.1) is 0 Å². The fraction of sp³-hybridized carbons (Fsp3) is 0.579. The molecule has 208 valence electrons. The molecule has 15 N–H and O–H groups in total. The zero-order valence-electron chi connectivity index (χ0n) is 19.8. The molecule has 0 spiro atoms. The van der Waals surface area contributed by atoms with Gasteiger partial charge in [-0.05, 0) is 19.3 Å². The van der Waals surface area contributed by atoms with E-state index in [1.807, 2.05) is 5.32 Å². The van der Waals surface area contributed by atoms with Gasteiger partial charge in [-0.25, -0.2) is 4.79 Å². The zero-order valence-corrected chi connectivity index (χ0v) is 19.8. The van der Waals surface area contributed by atoms with E-state index in [0.717, 1.165) is 0 Å². The standard InChI is InChI=1S/C19H33N9O9/c20-8(2-1-5-25-19(23)24)15(33)26-9(3-4-12(21)29)16(34)27-10(6-13(22)30)17(35)28-11(18(36)37)7-14(31)32/h8-11H,1-7,20H2,(H2,21,29)(H2,22,30)(H,26,33)(H,27,34)(H,28,35)(H,31,32)(H,36,37)(H4,23,24,25). The van der Waals surface area contributed by atoms with E-state index in [1.54, 1.807) is 0 Å². The van der Waals surface area contributed by atoms with E-state index in [4.69, 9.17) is 38.9 Å². The van der Waals surface area contributed by atoms with Crippen molar-refractivity contribution in [2.45, 2.75) is 62.7 Å². The average molecular weight is 532 g/mol. The van der Waals surface area contributed by atoms with Crippen LogP contribution in [0.3, 0.4) is 0 Å². The second-order valence-electron chi connectivity index (χ2n) is 7.85. The van der Waals surface area contributed by atoms with Crippen molar-refractivity contribution in [2.75, 3.05) is 6.54 Å². The van der Waals surface area contributed by atoms with Gasteiger partial charge in [0.2, 0.25) is 29.5 Å². The highest BCUT2D eigenvalue weighted by atomic mass is 16.4. The number of amides is 5. The third-order valence-corrected chi connectivity index (χ3v) is 4.65. The molecule has 0 radical (unpaired) electrons. The molecule has 18 nitrogen and oxygen atoms in total. The Morgan fingerprint density at radius 2 is 1.24 bits per heavy atom. The second-order valence-corrected chi connectivity index (χ2v) is 7.85. The second kappa shape index (κ2) is 16.2. The lowest BCUT2D eigenvalue weighted by Crippen LogP contribution is -2.58. The zero-order chi connectivity index (χ0) is 28.7. The van der Waals surface area contributed by atoms with Crippen LogP contribution in [0.25, 0.3) is 0 Å². The number of nitrogens with zero attached hydrogens (tertiary/aromatic N) is 1. The number of primary amides is 2. The summed E-state index contributed by atoms with van der Waals surface area (Å²) < 4.78 is 0. The van der Waals surface area contributed by atoms with Gasteiger partial charge in [-0.3, -0.25) is 33.8 Å². The van der Waals surface area contributed by atoms with E-state index in [2.05, 4.69) is 15.6 Å². The van der Waals surface area contributed by atoms with Crippen LogP contribution in [0.1, 0.15) is 38.5 Å². The molecule has 0 aliphatic carbocycles. The van der Waals surface area contributed by atoms with Crippen molar-refractivity contribution in [2.24, 2.45) is 33.7 Å². The fourth-order valence-electron chi connectivity index (χ4n) is 2.81. The largest absolute Gasteiger partial charge is 0.481 e. The minimum absolute atomic E-state index is 0.125. The molecule has 0 aromatic rings. The number of carbonyl (C=O) groups is 7. The minimum Gasteiger partial charge on any atom is -0.481 e. The molecule has 0 fully saturated rings. The third kappa shape index (κ3) is 14.5. The maximum Gasteiger partial charge on any atom is 0.326 e. The summed E-state index contributed by atoms with van der Waals surface area (Å²) in [6.45, 7) is 0.192. The molecule has 0 bridgehead atoms. The Balaban J connectivity index is 5.52. The molecule has 0 heterocycles. The highest BCUT2D eigenvalue weighted by Crippen LogP contribution is 2.04. The molecule has 0 saturated carbocycles. The quantitative estimate of drug-likeness (QED) is 0.0449. The molecule has 18 heteroatoms. The predicted octanol–water partition coefficient (Wildman–Crippen LogP) is -5.48. The third-order valence-electron chi connectivity index (χ3n) is 4.65. The van der Waals surface area contributed by atoms with Crippen LogP contribution in [0.2, 0.25) is 0 Å². The van der Waals surface area contributed by atoms with Gasteiger partial charge in [0.1, 0.15) is 18.1 Å². The Morgan fingerprint density at radius 1 is 0.703 bits per heavy atom. The van der Waals surface area contributed by atoms with Crippen molar-refractivity contribution in [3.8, 4) is 0 Å². The lowest BCUT2D eigenvalue weighted by molar-refractivity contribution is -0.147. The Labute approximate surface area is 210 Å². The van der Waals surface area contributed by atoms with Crippen molar-refractivity contribution in [1.82, 2.24) is 16.0 Å². The summed E-state index contributed by atoms with van der Waals surface area (Å²) in [7, 11) is 0. The maximum absolute atomic E-state index is 12.8. The summed E-state index contributed by atoms with van der Waals surface area (Å²) in [5, 5.41) is 24.3. The Hall–Kier alpha value is -4.48. The minimum atomic E-state index is -1.88. The monoisotopic (exact) mass is 531 g/mol. The molecule has 37 heavy (non-hydrogen) atoms. The SMILES string of the molecule is NC(=O)CCC(NC(=O)C(N)CCCN=C(N)N)C(=O)NC(CC(N)=O)C(=O)NC(CC(=O)O)C(=O)O. The fourth-order valence-corrected chi connectivity index (χ4v) is 2.81. The lowest BCUT2D eigenvalue weighted by Gasteiger charge is -2.24. The number of carbonyl (C=O) groups excluding carboxylic acids is 5. The molecule has 0 saturated heterocycles. The van der Waals surface area contributed by atoms with E-state index in [9.17, 15) is 33.6 Å². The highest BCUT2D eigenvalue weighted by molar-refractivity contribution is 5.96. The smallest absolute Gasteiger partial charge is 0.326 e. The van der Waals surface area contributed by atoms with Gasteiger partial charge in [0, 0.05) is 13.0 Å². The molecule has 0 aliphatic heterocycles. The van der Waals surface area contributed by atoms with E-state index in [0.29, 0.717) is 6.42 Å². The molecule has 0 rings (SSSR count). The first-order valence-corrected chi connectivity index (χ1v) is 10.9. The average Bonchev–Trinajstić information content (AvgIpc) is 2.76. The summed E-state index contributed by atoms with van der Waals surface area (Å²) in [6.07, 6.45) is -2.00. The van der Waals surface area contributed by atoms with Gasteiger partial charge in [0.25, 0.3) is 0 Å². The van der Waals surface area contributed by atoms with Gasteiger partial charge in [0.05, 0.1) is 18.9 Å². The molecule has 4 atom stereocenters. The Bertz CT molecular complexity index is 905. The first-order chi connectivity index (χ1) is 17.1. The number of nitrogens with one attached hydrogen (secondary N) is 3. The predicted molar refractivity (Wildman–Crippen MR) is 126 cm³/mol. The summed E-state index contributed by atoms with van der Waals surface area (Å²) in [4.78, 5) is 86.3. The van der Waals surface area contributed by atoms with Crippen LogP contribution in [0.4, 0.5) is 0 Å². The molecule has 0 aromatic heterocycles. The van der Waals surface area contributed by atoms with E-state index >= 15 is 0 Å².